The van der Waals surface area contributed by atoms with Crippen LogP contribution in [0.15, 0.2) is 82.3 Å². The molecule has 1 aliphatic rings. The topological polar surface area (TPSA) is 54.6 Å². The minimum atomic E-state index is -0.274. The van der Waals surface area contributed by atoms with Crippen LogP contribution in [-0.2, 0) is 10.2 Å². The molecule has 0 saturated heterocycles. The number of hydrazone groups is 1. The summed E-state index contributed by atoms with van der Waals surface area (Å²) in [5.74, 6) is 1.23. The number of carbonyl (C=O) groups excluding carboxylic acids is 1. The number of hydrogen-bond donors (Lipinski definition) is 1. The van der Waals surface area contributed by atoms with E-state index < -0.39 is 0 Å². The minimum Gasteiger partial charge on any atom is -0.460 e. The molecule has 0 aliphatic heterocycles. The van der Waals surface area contributed by atoms with Crippen LogP contribution in [-0.4, -0.2) is 12.1 Å². The number of amides is 1. The first-order chi connectivity index (χ1) is 12.7. The fourth-order valence-electron chi connectivity index (χ4n) is 3.62. The lowest BCUT2D eigenvalue weighted by molar-refractivity contribution is -0.122. The summed E-state index contributed by atoms with van der Waals surface area (Å²) in [6, 6.07) is 24.1. The summed E-state index contributed by atoms with van der Waals surface area (Å²) in [5.41, 5.74) is 4.72. The first kappa shape index (κ1) is 16.3. The SMILES string of the molecule is Cc1ccc(/C=N\NC(=O)[C@@H]2CC2(c2ccccc2)c2ccccc2)o1. The van der Waals surface area contributed by atoms with Gasteiger partial charge in [-0.25, -0.2) is 5.43 Å². The minimum absolute atomic E-state index is 0.0720. The Labute approximate surface area is 152 Å². The van der Waals surface area contributed by atoms with Crippen LogP contribution in [0.1, 0.15) is 29.1 Å². The maximum Gasteiger partial charge on any atom is 0.244 e. The van der Waals surface area contributed by atoms with Crippen molar-refractivity contribution in [2.45, 2.75) is 18.8 Å². The molecule has 1 amide bonds. The average Bonchev–Trinajstić information content (AvgIpc) is 3.32. The van der Waals surface area contributed by atoms with E-state index in [1.54, 1.807) is 0 Å². The highest BCUT2D eigenvalue weighted by Gasteiger charge is 2.60. The highest BCUT2D eigenvalue weighted by atomic mass is 16.3. The summed E-state index contributed by atoms with van der Waals surface area (Å²) in [4.78, 5) is 12.7. The number of nitrogens with one attached hydrogen (secondary N) is 1. The van der Waals surface area contributed by atoms with Gasteiger partial charge in [0.15, 0.2) is 0 Å². The Kier molecular flexibility index (Phi) is 4.17. The zero-order valence-electron chi connectivity index (χ0n) is 14.6. The molecular weight excluding hydrogens is 324 g/mol. The summed E-state index contributed by atoms with van der Waals surface area (Å²) in [6.45, 7) is 1.87. The van der Waals surface area contributed by atoms with Crippen molar-refractivity contribution < 1.29 is 9.21 Å². The van der Waals surface area contributed by atoms with Crippen molar-refractivity contribution in [3.63, 3.8) is 0 Å². The number of carbonyl (C=O) groups is 1. The van der Waals surface area contributed by atoms with Gasteiger partial charge in [-0.05, 0) is 36.6 Å². The monoisotopic (exact) mass is 344 g/mol. The lowest BCUT2D eigenvalue weighted by atomic mass is 9.85. The van der Waals surface area contributed by atoms with Gasteiger partial charge >= 0.3 is 0 Å². The average molecular weight is 344 g/mol. The third-order valence-electron chi connectivity index (χ3n) is 4.98. The van der Waals surface area contributed by atoms with Gasteiger partial charge < -0.3 is 4.42 Å². The van der Waals surface area contributed by atoms with Crippen LogP contribution in [0.4, 0.5) is 0 Å². The van der Waals surface area contributed by atoms with Crippen LogP contribution >= 0.6 is 0 Å². The van der Waals surface area contributed by atoms with Gasteiger partial charge in [-0.1, -0.05) is 60.7 Å². The Hall–Kier alpha value is -3.14. The molecule has 3 aromatic rings. The van der Waals surface area contributed by atoms with Crippen LogP contribution in [0.3, 0.4) is 0 Å². The molecule has 2 aromatic carbocycles. The number of nitrogens with zero attached hydrogens (tertiary/aromatic N) is 1. The molecule has 1 heterocycles. The van der Waals surface area contributed by atoms with Gasteiger partial charge in [-0.15, -0.1) is 0 Å². The van der Waals surface area contributed by atoms with Crippen molar-refractivity contribution in [1.29, 1.82) is 0 Å². The second-order valence-electron chi connectivity index (χ2n) is 6.64. The lowest BCUT2D eigenvalue weighted by Gasteiger charge is -2.18. The summed E-state index contributed by atoms with van der Waals surface area (Å²) < 4.78 is 5.42. The molecule has 4 heteroatoms. The van der Waals surface area contributed by atoms with E-state index in [0.717, 1.165) is 23.3 Å². The Morgan fingerprint density at radius 3 is 2.19 bits per heavy atom. The molecule has 0 bridgehead atoms. The molecule has 1 saturated carbocycles. The molecule has 1 aromatic heterocycles. The first-order valence-corrected chi connectivity index (χ1v) is 8.70. The zero-order valence-corrected chi connectivity index (χ0v) is 14.6. The van der Waals surface area contributed by atoms with Crippen molar-refractivity contribution >= 4 is 12.1 Å². The Morgan fingerprint density at radius 2 is 1.65 bits per heavy atom. The fourth-order valence-corrected chi connectivity index (χ4v) is 3.62. The zero-order chi connectivity index (χ0) is 18.0. The summed E-state index contributed by atoms with van der Waals surface area (Å²) in [5, 5.41) is 4.05. The van der Waals surface area contributed by atoms with E-state index in [1.165, 1.54) is 6.21 Å². The molecule has 0 unspecified atom stereocenters. The second-order valence-corrected chi connectivity index (χ2v) is 6.64. The van der Waals surface area contributed by atoms with E-state index in [0.29, 0.717) is 5.76 Å². The molecule has 26 heavy (non-hydrogen) atoms. The van der Waals surface area contributed by atoms with E-state index in [9.17, 15) is 4.79 Å². The molecule has 1 fully saturated rings. The fraction of sp³-hybridized carbons (Fsp3) is 0.182. The number of benzene rings is 2. The third-order valence-corrected chi connectivity index (χ3v) is 4.98. The molecule has 1 atom stereocenters. The van der Waals surface area contributed by atoms with Gasteiger partial charge in [0, 0.05) is 5.41 Å². The van der Waals surface area contributed by atoms with E-state index in [2.05, 4.69) is 34.8 Å². The predicted octanol–water partition coefficient (Wildman–Crippen LogP) is 4.04. The molecule has 0 radical (unpaired) electrons. The van der Waals surface area contributed by atoms with Gasteiger partial charge in [0.25, 0.3) is 0 Å². The van der Waals surface area contributed by atoms with Gasteiger partial charge in [0.05, 0.1) is 12.1 Å². The van der Waals surface area contributed by atoms with Crippen molar-refractivity contribution in [1.82, 2.24) is 5.43 Å². The van der Waals surface area contributed by atoms with Gasteiger partial charge in [0.1, 0.15) is 11.5 Å². The Bertz CT molecular complexity index is 890. The highest BCUT2D eigenvalue weighted by Crippen LogP contribution is 2.58. The number of furan rings is 1. The molecule has 1 aliphatic carbocycles. The second kappa shape index (κ2) is 6.64. The first-order valence-electron chi connectivity index (χ1n) is 8.70. The molecule has 4 rings (SSSR count). The van der Waals surface area contributed by atoms with E-state index in [1.807, 2.05) is 55.5 Å². The number of hydrogen-bond acceptors (Lipinski definition) is 3. The van der Waals surface area contributed by atoms with Crippen molar-refractivity contribution in [2.24, 2.45) is 11.0 Å². The Balaban J connectivity index is 1.55. The van der Waals surface area contributed by atoms with Crippen molar-refractivity contribution in [3.05, 3.63) is 95.4 Å². The van der Waals surface area contributed by atoms with E-state index in [4.69, 9.17) is 4.42 Å². The standard InChI is InChI=1S/C22H20N2O2/c1-16-12-13-19(26-16)15-23-24-21(25)20-14-22(20,17-8-4-2-5-9-17)18-10-6-3-7-11-18/h2-13,15,20H,14H2,1H3,(H,24,25)/b23-15-/t20-/m0/s1. The van der Waals surface area contributed by atoms with Crippen LogP contribution in [0, 0.1) is 12.8 Å². The summed E-state index contributed by atoms with van der Waals surface area (Å²) in [7, 11) is 0. The summed E-state index contributed by atoms with van der Waals surface area (Å²) in [6.07, 6.45) is 2.31. The maximum atomic E-state index is 12.7. The molecular formula is C22H20N2O2. The number of aryl methyl sites for hydroxylation is 1. The van der Waals surface area contributed by atoms with Crippen molar-refractivity contribution in [2.75, 3.05) is 0 Å². The van der Waals surface area contributed by atoms with Gasteiger partial charge in [0.2, 0.25) is 5.91 Å². The van der Waals surface area contributed by atoms with E-state index in [-0.39, 0.29) is 17.2 Å². The largest absolute Gasteiger partial charge is 0.460 e. The Morgan fingerprint density at radius 1 is 1.04 bits per heavy atom. The van der Waals surface area contributed by atoms with Crippen LogP contribution in [0.2, 0.25) is 0 Å². The van der Waals surface area contributed by atoms with Crippen LogP contribution in [0.25, 0.3) is 0 Å². The van der Waals surface area contributed by atoms with Crippen molar-refractivity contribution in [3.8, 4) is 0 Å². The third kappa shape index (κ3) is 2.94. The molecule has 4 nitrogen and oxygen atoms in total. The maximum absolute atomic E-state index is 12.7. The molecule has 0 spiro atoms. The number of rotatable bonds is 5. The quantitative estimate of drug-likeness (QED) is 0.561. The highest BCUT2D eigenvalue weighted by molar-refractivity contribution is 5.87. The van der Waals surface area contributed by atoms with Gasteiger partial charge in [-0.3, -0.25) is 4.79 Å². The van der Waals surface area contributed by atoms with Crippen LogP contribution < -0.4 is 5.43 Å². The molecule has 1 N–H and O–H groups in total. The van der Waals surface area contributed by atoms with Crippen LogP contribution in [0.5, 0.6) is 0 Å². The molecule has 130 valence electrons. The normalized spacial score (nSPS) is 18.0. The lowest BCUT2D eigenvalue weighted by Crippen LogP contribution is -2.25. The predicted molar refractivity (Wildman–Crippen MR) is 101 cm³/mol. The van der Waals surface area contributed by atoms with Gasteiger partial charge in [-0.2, -0.15) is 5.10 Å². The smallest absolute Gasteiger partial charge is 0.244 e. The summed E-state index contributed by atoms with van der Waals surface area (Å²) >= 11 is 0. The van der Waals surface area contributed by atoms with E-state index >= 15 is 0 Å².